The molecule has 0 radical (unpaired) electrons. The third kappa shape index (κ3) is 3.82. The SMILES string of the molecule is CCNc1nc(CC)nc(OCC2CCOCC2)c1C. The second-order valence-electron chi connectivity index (χ2n) is 5.17. The van der Waals surface area contributed by atoms with Gasteiger partial charge in [-0.3, -0.25) is 0 Å². The Bertz CT molecular complexity index is 431. The Balaban J connectivity index is 2.06. The number of nitrogens with one attached hydrogen (secondary N) is 1. The van der Waals surface area contributed by atoms with Gasteiger partial charge in [-0.25, -0.2) is 4.98 Å². The van der Waals surface area contributed by atoms with Gasteiger partial charge < -0.3 is 14.8 Å². The number of anilines is 1. The summed E-state index contributed by atoms with van der Waals surface area (Å²) in [4.78, 5) is 9.03. The molecule has 0 aromatic carbocycles. The predicted molar refractivity (Wildman–Crippen MR) is 79.3 cm³/mol. The molecule has 0 aliphatic carbocycles. The van der Waals surface area contributed by atoms with E-state index in [1.807, 2.05) is 6.92 Å². The quantitative estimate of drug-likeness (QED) is 0.867. The van der Waals surface area contributed by atoms with E-state index < -0.39 is 0 Å². The number of aryl methyl sites for hydroxylation is 1. The van der Waals surface area contributed by atoms with Gasteiger partial charge in [-0.2, -0.15) is 4.98 Å². The Morgan fingerprint density at radius 1 is 1.25 bits per heavy atom. The van der Waals surface area contributed by atoms with E-state index in [1.54, 1.807) is 0 Å². The summed E-state index contributed by atoms with van der Waals surface area (Å²) in [6.45, 7) is 9.39. The van der Waals surface area contributed by atoms with Crippen molar-refractivity contribution in [1.29, 1.82) is 0 Å². The Hall–Kier alpha value is -1.36. The lowest BCUT2D eigenvalue weighted by molar-refractivity contribution is 0.0489. The second-order valence-corrected chi connectivity index (χ2v) is 5.17. The van der Waals surface area contributed by atoms with Crippen molar-refractivity contribution in [3.05, 3.63) is 11.4 Å². The van der Waals surface area contributed by atoms with Gasteiger partial charge in [0.05, 0.1) is 12.2 Å². The minimum atomic E-state index is 0.575. The Morgan fingerprint density at radius 2 is 2.00 bits per heavy atom. The molecule has 1 aromatic rings. The summed E-state index contributed by atoms with van der Waals surface area (Å²) in [6, 6.07) is 0. The summed E-state index contributed by atoms with van der Waals surface area (Å²) in [5, 5.41) is 3.28. The molecule has 0 amide bonds. The topological polar surface area (TPSA) is 56.3 Å². The standard InChI is InChI=1S/C15H25N3O2/c1-4-13-17-14(16-5-2)11(3)15(18-13)20-10-12-6-8-19-9-7-12/h12H,4-10H2,1-3H3,(H,16,17,18). The van der Waals surface area contributed by atoms with Crippen LogP contribution in [0.15, 0.2) is 0 Å². The van der Waals surface area contributed by atoms with E-state index in [4.69, 9.17) is 9.47 Å². The molecule has 2 rings (SSSR count). The molecule has 5 nitrogen and oxygen atoms in total. The normalized spacial score (nSPS) is 16.1. The van der Waals surface area contributed by atoms with Crippen molar-refractivity contribution in [3.63, 3.8) is 0 Å². The molecule has 1 aliphatic rings. The van der Waals surface area contributed by atoms with Gasteiger partial charge in [0.2, 0.25) is 5.88 Å². The highest BCUT2D eigenvalue weighted by Gasteiger charge is 2.17. The summed E-state index contributed by atoms with van der Waals surface area (Å²) >= 11 is 0. The van der Waals surface area contributed by atoms with Crippen LogP contribution in [0.3, 0.4) is 0 Å². The smallest absolute Gasteiger partial charge is 0.221 e. The molecule has 0 spiro atoms. The fourth-order valence-corrected chi connectivity index (χ4v) is 2.29. The minimum absolute atomic E-state index is 0.575. The molecule has 1 aromatic heterocycles. The van der Waals surface area contributed by atoms with E-state index in [-0.39, 0.29) is 0 Å². The van der Waals surface area contributed by atoms with E-state index in [0.29, 0.717) is 5.92 Å². The molecular weight excluding hydrogens is 254 g/mol. The molecule has 1 N–H and O–H groups in total. The van der Waals surface area contributed by atoms with E-state index in [2.05, 4.69) is 29.1 Å². The predicted octanol–water partition coefficient (Wildman–Crippen LogP) is 2.58. The fourth-order valence-electron chi connectivity index (χ4n) is 2.29. The van der Waals surface area contributed by atoms with E-state index in [1.165, 1.54) is 0 Å². The van der Waals surface area contributed by atoms with Crippen LogP contribution in [-0.4, -0.2) is 36.3 Å². The summed E-state index contributed by atoms with van der Waals surface area (Å²) < 4.78 is 11.3. The van der Waals surface area contributed by atoms with Gasteiger partial charge in [0.1, 0.15) is 11.6 Å². The van der Waals surface area contributed by atoms with Crippen molar-refractivity contribution in [2.75, 3.05) is 31.7 Å². The van der Waals surface area contributed by atoms with Gasteiger partial charge in [0, 0.05) is 26.2 Å². The van der Waals surface area contributed by atoms with Gasteiger partial charge >= 0.3 is 0 Å². The second kappa shape index (κ2) is 7.43. The van der Waals surface area contributed by atoms with Gasteiger partial charge in [0.15, 0.2) is 0 Å². The van der Waals surface area contributed by atoms with Crippen LogP contribution in [0.4, 0.5) is 5.82 Å². The molecule has 2 heterocycles. The largest absolute Gasteiger partial charge is 0.477 e. The van der Waals surface area contributed by atoms with Crippen molar-refractivity contribution in [1.82, 2.24) is 9.97 Å². The van der Waals surface area contributed by atoms with Crippen LogP contribution in [0.25, 0.3) is 0 Å². The first-order chi connectivity index (χ1) is 9.74. The Morgan fingerprint density at radius 3 is 2.65 bits per heavy atom. The molecule has 1 fully saturated rings. The van der Waals surface area contributed by atoms with E-state index >= 15 is 0 Å². The maximum absolute atomic E-state index is 5.96. The number of ether oxygens (including phenoxy) is 2. The zero-order valence-electron chi connectivity index (χ0n) is 12.7. The van der Waals surface area contributed by atoms with Crippen LogP contribution in [0.2, 0.25) is 0 Å². The minimum Gasteiger partial charge on any atom is -0.477 e. The third-order valence-corrected chi connectivity index (χ3v) is 3.60. The van der Waals surface area contributed by atoms with Crippen LogP contribution in [0.1, 0.15) is 38.1 Å². The maximum atomic E-state index is 5.96. The summed E-state index contributed by atoms with van der Waals surface area (Å²) in [6.07, 6.45) is 2.96. The summed E-state index contributed by atoms with van der Waals surface area (Å²) in [5.41, 5.74) is 0.996. The van der Waals surface area contributed by atoms with Crippen molar-refractivity contribution in [2.45, 2.75) is 40.0 Å². The van der Waals surface area contributed by atoms with Crippen LogP contribution in [-0.2, 0) is 11.2 Å². The fraction of sp³-hybridized carbons (Fsp3) is 0.733. The zero-order valence-corrected chi connectivity index (χ0v) is 12.7. The molecule has 1 saturated heterocycles. The lowest BCUT2D eigenvalue weighted by atomic mass is 10.0. The van der Waals surface area contributed by atoms with E-state index in [0.717, 1.165) is 68.7 Å². The first-order valence-corrected chi connectivity index (χ1v) is 7.56. The average molecular weight is 279 g/mol. The van der Waals surface area contributed by atoms with Crippen molar-refractivity contribution in [2.24, 2.45) is 5.92 Å². The highest BCUT2D eigenvalue weighted by atomic mass is 16.5. The average Bonchev–Trinajstić information content (AvgIpc) is 2.49. The van der Waals surface area contributed by atoms with Crippen LogP contribution >= 0.6 is 0 Å². The third-order valence-electron chi connectivity index (χ3n) is 3.60. The van der Waals surface area contributed by atoms with Crippen molar-refractivity contribution >= 4 is 5.82 Å². The summed E-state index contributed by atoms with van der Waals surface area (Å²) in [7, 11) is 0. The van der Waals surface area contributed by atoms with Crippen molar-refractivity contribution in [3.8, 4) is 5.88 Å². The molecule has 1 aliphatic heterocycles. The maximum Gasteiger partial charge on any atom is 0.221 e. The molecule has 20 heavy (non-hydrogen) atoms. The number of aromatic nitrogens is 2. The molecule has 0 unspecified atom stereocenters. The highest BCUT2D eigenvalue weighted by molar-refractivity contribution is 5.48. The zero-order chi connectivity index (χ0) is 14.4. The summed E-state index contributed by atoms with van der Waals surface area (Å²) in [5.74, 6) is 3.01. The van der Waals surface area contributed by atoms with Gasteiger partial charge in [-0.1, -0.05) is 6.92 Å². The number of hydrogen-bond acceptors (Lipinski definition) is 5. The molecule has 112 valence electrons. The van der Waals surface area contributed by atoms with Gasteiger partial charge in [-0.15, -0.1) is 0 Å². The molecule has 0 bridgehead atoms. The first kappa shape index (κ1) is 15.0. The van der Waals surface area contributed by atoms with Crippen molar-refractivity contribution < 1.29 is 9.47 Å². The monoisotopic (exact) mass is 279 g/mol. The molecule has 0 atom stereocenters. The Labute approximate surface area is 121 Å². The van der Waals surface area contributed by atoms with Crippen LogP contribution in [0.5, 0.6) is 5.88 Å². The van der Waals surface area contributed by atoms with Gasteiger partial charge in [-0.05, 0) is 32.6 Å². The number of nitrogens with zero attached hydrogens (tertiary/aromatic N) is 2. The number of rotatable bonds is 6. The van der Waals surface area contributed by atoms with Gasteiger partial charge in [0.25, 0.3) is 0 Å². The Kier molecular flexibility index (Phi) is 5.59. The lowest BCUT2D eigenvalue weighted by Crippen LogP contribution is -2.22. The van der Waals surface area contributed by atoms with E-state index in [9.17, 15) is 0 Å². The molecule has 5 heteroatoms. The number of hydrogen-bond donors (Lipinski definition) is 1. The molecule has 0 saturated carbocycles. The molecular formula is C15H25N3O2. The van der Waals surface area contributed by atoms with Crippen LogP contribution < -0.4 is 10.1 Å². The highest BCUT2D eigenvalue weighted by Crippen LogP contribution is 2.24. The van der Waals surface area contributed by atoms with Crippen LogP contribution in [0, 0.1) is 12.8 Å². The first-order valence-electron chi connectivity index (χ1n) is 7.56. The lowest BCUT2D eigenvalue weighted by Gasteiger charge is -2.22.